The summed E-state index contributed by atoms with van der Waals surface area (Å²) in [6.45, 7) is 5.44. The zero-order chi connectivity index (χ0) is 11.7. The van der Waals surface area contributed by atoms with E-state index in [0.29, 0.717) is 6.42 Å². The molecule has 86 valence electrons. The Hall–Kier alpha value is -1.52. The lowest BCUT2D eigenvalue weighted by Gasteiger charge is -2.15. The molecule has 0 rings (SSSR count). The SMILES string of the molecule is C=CCOC(=O)N[C@@H](CCC)CC(=O)O. The molecule has 0 unspecified atom stereocenters. The number of carbonyl (C=O) groups is 2. The van der Waals surface area contributed by atoms with E-state index in [2.05, 4.69) is 16.6 Å². The van der Waals surface area contributed by atoms with Crippen LogP contribution in [0.4, 0.5) is 4.79 Å². The molecule has 0 spiro atoms. The molecule has 0 saturated heterocycles. The topological polar surface area (TPSA) is 75.6 Å². The zero-order valence-corrected chi connectivity index (χ0v) is 8.86. The van der Waals surface area contributed by atoms with Crippen LogP contribution in [0.25, 0.3) is 0 Å². The van der Waals surface area contributed by atoms with Crippen molar-refractivity contribution in [3.05, 3.63) is 12.7 Å². The smallest absolute Gasteiger partial charge is 0.407 e. The molecule has 5 heteroatoms. The summed E-state index contributed by atoms with van der Waals surface area (Å²) in [5, 5.41) is 11.1. The van der Waals surface area contributed by atoms with E-state index in [9.17, 15) is 9.59 Å². The Morgan fingerprint density at radius 1 is 1.60 bits per heavy atom. The first-order valence-electron chi connectivity index (χ1n) is 4.86. The van der Waals surface area contributed by atoms with Gasteiger partial charge in [-0.3, -0.25) is 4.79 Å². The van der Waals surface area contributed by atoms with Gasteiger partial charge in [-0.25, -0.2) is 4.79 Å². The van der Waals surface area contributed by atoms with Gasteiger partial charge in [-0.2, -0.15) is 0 Å². The quantitative estimate of drug-likeness (QED) is 0.632. The van der Waals surface area contributed by atoms with Crippen molar-refractivity contribution in [2.75, 3.05) is 6.61 Å². The van der Waals surface area contributed by atoms with Crippen molar-refractivity contribution in [1.82, 2.24) is 5.32 Å². The fraction of sp³-hybridized carbons (Fsp3) is 0.600. The standard InChI is InChI=1S/C10H17NO4/c1-3-5-8(7-9(12)13)11-10(14)15-6-4-2/h4,8H,2-3,5-7H2,1H3,(H,11,14)(H,12,13)/t8-/m0/s1. The van der Waals surface area contributed by atoms with E-state index in [4.69, 9.17) is 5.11 Å². The van der Waals surface area contributed by atoms with Crippen LogP contribution in [0, 0.1) is 0 Å². The summed E-state index contributed by atoms with van der Waals surface area (Å²) >= 11 is 0. The van der Waals surface area contributed by atoms with Gasteiger partial charge < -0.3 is 15.2 Å². The zero-order valence-electron chi connectivity index (χ0n) is 8.86. The van der Waals surface area contributed by atoms with Crippen LogP contribution in [0.15, 0.2) is 12.7 Å². The Kier molecular flexibility index (Phi) is 7.05. The van der Waals surface area contributed by atoms with E-state index < -0.39 is 12.1 Å². The summed E-state index contributed by atoms with van der Waals surface area (Å²) in [5.74, 6) is -0.933. The maximum Gasteiger partial charge on any atom is 0.407 e. The highest BCUT2D eigenvalue weighted by atomic mass is 16.5. The summed E-state index contributed by atoms with van der Waals surface area (Å²) in [4.78, 5) is 21.6. The fourth-order valence-electron chi connectivity index (χ4n) is 1.13. The predicted octanol–water partition coefficient (Wildman–Crippen LogP) is 1.54. The lowest BCUT2D eigenvalue weighted by molar-refractivity contribution is -0.137. The number of carboxylic acid groups (broad SMARTS) is 1. The number of carboxylic acids is 1. The normalized spacial score (nSPS) is 11.5. The third-order valence-corrected chi connectivity index (χ3v) is 1.71. The first-order valence-corrected chi connectivity index (χ1v) is 4.86. The Balaban J connectivity index is 3.97. The van der Waals surface area contributed by atoms with Gasteiger partial charge in [-0.1, -0.05) is 26.0 Å². The molecule has 0 heterocycles. The molecule has 15 heavy (non-hydrogen) atoms. The Morgan fingerprint density at radius 2 is 2.27 bits per heavy atom. The van der Waals surface area contributed by atoms with Crippen molar-refractivity contribution < 1.29 is 19.4 Å². The number of nitrogens with one attached hydrogen (secondary N) is 1. The Labute approximate surface area is 89.1 Å². The molecule has 0 aliphatic heterocycles. The van der Waals surface area contributed by atoms with E-state index in [-0.39, 0.29) is 19.1 Å². The maximum atomic E-state index is 11.1. The van der Waals surface area contributed by atoms with Crippen LogP contribution < -0.4 is 5.32 Å². The van der Waals surface area contributed by atoms with Crippen LogP contribution in [-0.4, -0.2) is 29.8 Å². The lowest BCUT2D eigenvalue weighted by Crippen LogP contribution is -2.36. The molecule has 0 aromatic heterocycles. The summed E-state index contributed by atoms with van der Waals surface area (Å²) in [7, 11) is 0. The van der Waals surface area contributed by atoms with Crippen LogP contribution >= 0.6 is 0 Å². The van der Waals surface area contributed by atoms with Crippen LogP contribution in [0.5, 0.6) is 0 Å². The molecule has 0 aliphatic carbocycles. The van der Waals surface area contributed by atoms with Gasteiger partial charge in [0, 0.05) is 6.04 Å². The van der Waals surface area contributed by atoms with Crippen molar-refractivity contribution in [1.29, 1.82) is 0 Å². The third kappa shape index (κ3) is 7.54. The van der Waals surface area contributed by atoms with Crippen molar-refractivity contribution in [2.45, 2.75) is 32.2 Å². The number of alkyl carbamates (subject to hydrolysis) is 1. The van der Waals surface area contributed by atoms with Gasteiger partial charge in [-0.05, 0) is 6.42 Å². The van der Waals surface area contributed by atoms with Gasteiger partial charge in [0.05, 0.1) is 6.42 Å². The molecule has 0 radical (unpaired) electrons. The monoisotopic (exact) mass is 215 g/mol. The van der Waals surface area contributed by atoms with Crippen molar-refractivity contribution >= 4 is 12.1 Å². The predicted molar refractivity (Wildman–Crippen MR) is 55.6 cm³/mol. The number of amides is 1. The summed E-state index contributed by atoms with van der Waals surface area (Å²) in [6, 6.07) is -0.371. The molecule has 5 nitrogen and oxygen atoms in total. The van der Waals surface area contributed by atoms with E-state index in [0.717, 1.165) is 6.42 Å². The largest absolute Gasteiger partial charge is 0.481 e. The molecule has 0 bridgehead atoms. The fourth-order valence-corrected chi connectivity index (χ4v) is 1.13. The summed E-state index contributed by atoms with van der Waals surface area (Å²) in [5.41, 5.74) is 0. The number of ether oxygens (including phenoxy) is 1. The van der Waals surface area contributed by atoms with Crippen LogP contribution in [0.3, 0.4) is 0 Å². The van der Waals surface area contributed by atoms with Crippen LogP contribution in [0.2, 0.25) is 0 Å². The minimum Gasteiger partial charge on any atom is -0.481 e. The van der Waals surface area contributed by atoms with Gasteiger partial charge in [0.25, 0.3) is 0 Å². The van der Waals surface area contributed by atoms with Gasteiger partial charge in [0.15, 0.2) is 0 Å². The average Bonchev–Trinajstić information content (AvgIpc) is 2.14. The molecule has 0 aromatic carbocycles. The van der Waals surface area contributed by atoms with Crippen LogP contribution in [-0.2, 0) is 9.53 Å². The van der Waals surface area contributed by atoms with Gasteiger partial charge in [0.1, 0.15) is 6.61 Å². The first-order chi connectivity index (χ1) is 7.10. The Bertz CT molecular complexity index is 227. The molecule has 0 aromatic rings. The summed E-state index contributed by atoms with van der Waals surface area (Å²) in [6.07, 6.45) is 2.19. The highest BCUT2D eigenvalue weighted by molar-refractivity contribution is 5.71. The number of hydrogen-bond acceptors (Lipinski definition) is 3. The molecule has 1 amide bonds. The van der Waals surface area contributed by atoms with Gasteiger partial charge in [-0.15, -0.1) is 0 Å². The maximum absolute atomic E-state index is 11.1. The second kappa shape index (κ2) is 7.84. The third-order valence-electron chi connectivity index (χ3n) is 1.71. The molecule has 2 N–H and O–H groups in total. The molecule has 0 aliphatic rings. The second-order valence-electron chi connectivity index (χ2n) is 3.11. The van der Waals surface area contributed by atoms with Gasteiger partial charge in [0.2, 0.25) is 0 Å². The molecule has 0 fully saturated rings. The average molecular weight is 215 g/mol. The van der Waals surface area contributed by atoms with Crippen molar-refractivity contribution in [3.8, 4) is 0 Å². The van der Waals surface area contributed by atoms with Gasteiger partial charge >= 0.3 is 12.1 Å². The first kappa shape index (κ1) is 13.5. The van der Waals surface area contributed by atoms with E-state index in [1.807, 2.05) is 6.92 Å². The number of hydrogen-bond donors (Lipinski definition) is 2. The number of aliphatic carboxylic acids is 1. The number of carbonyl (C=O) groups excluding carboxylic acids is 1. The van der Waals surface area contributed by atoms with E-state index in [1.165, 1.54) is 6.08 Å². The summed E-state index contributed by atoms with van der Waals surface area (Å²) < 4.78 is 4.69. The number of rotatable bonds is 7. The molecular formula is C10H17NO4. The Morgan fingerprint density at radius 3 is 2.73 bits per heavy atom. The van der Waals surface area contributed by atoms with Crippen molar-refractivity contribution in [2.24, 2.45) is 0 Å². The van der Waals surface area contributed by atoms with E-state index in [1.54, 1.807) is 0 Å². The lowest BCUT2D eigenvalue weighted by atomic mass is 10.1. The molecule has 0 saturated carbocycles. The highest BCUT2D eigenvalue weighted by Gasteiger charge is 2.15. The molecular weight excluding hydrogens is 198 g/mol. The highest BCUT2D eigenvalue weighted by Crippen LogP contribution is 2.02. The minimum absolute atomic E-state index is 0.0863. The second-order valence-corrected chi connectivity index (χ2v) is 3.11. The molecule has 1 atom stereocenters. The minimum atomic E-state index is -0.933. The van der Waals surface area contributed by atoms with E-state index >= 15 is 0 Å². The van der Waals surface area contributed by atoms with Crippen molar-refractivity contribution in [3.63, 3.8) is 0 Å². The van der Waals surface area contributed by atoms with Crippen LogP contribution in [0.1, 0.15) is 26.2 Å².